The fraction of sp³-hybridized carbons (Fsp3) is 0.797. The molecule has 71 heavy (non-hydrogen) atoms. The highest BCUT2D eigenvalue weighted by atomic mass is 16.7. The molecule has 0 radical (unpaired) electrons. The Bertz CT molecular complexity index is 1420. The Morgan fingerprint density at radius 3 is 1.39 bits per heavy atom. The van der Waals surface area contributed by atoms with Crippen molar-refractivity contribution in [2.75, 3.05) is 13.2 Å². The third-order valence-electron chi connectivity index (χ3n) is 12.9. The van der Waals surface area contributed by atoms with Crippen molar-refractivity contribution in [3.8, 4) is 0 Å². The van der Waals surface area contributed by atoms with Crippen LogP contribution < -0.4 is 0 Å². The highest BCUT2D eigenvalue weighted by Gasteiger charge is 2.50. The van der Waals surface area contributed by atoms with E-state index in [0.29, 0.717) is 19.3 Å². The van der Waals surface area contributed by atoms with Crippen LogP contribution in [-0.4, -0.2) is 89.2 Å². The zero-order valence-electron chi connectivity index (χ0n) is 45.0. The van der Waals surface area contributed by atoms with E-state index in [0.717, 1.165) is 103 Å². The normalized spacial score (nSPS) is 18.8. The molecule has 6 atom stereocenters. The third kappa shape index (κ3) is 38.0. The van der Waals surface area contributed by atoms with Crippen molar-refractivity contribution in [1.29, 1.82) is 0 Å². The summed E-state index contributed by atoms with van der Waals surface area (Å²) in [5, 5.41) is 31.4. The molecule has 0 spiro atoms. The monoisotopic (exact) mass is 1000 g/mol. The number of aliphatic hydroxyl groups is 2. The zero-order valence-corrected chi connectivity index (χ0v) is 45.0. The van der Waals surface area contributed by atoms with Gasteiger partial charge in [-0.1, -0.05) is 204 Å². The minimum Gasteiger partial charge on any atom is -0.479 e. The summed E-state index contributed by atoms with van der Waals surface area (Å²) in [6.45, 7) is 5.83. The number of esters is 3. The van der Waals surface area contributed by atoms with E-state index in [9.17, 15) is 34.5 Å². The van der Waals surface area contributed by atoms with Crippen molar-refractivity contribution in [2.45, 2.75) is 289 Å². The smallest absolute Gasteiger partial charge is 0.335 e. The van der Waals surface area contributed by atoms with E-state index in [2.05, 4.69) is 69.4 Å². The molecule has 410 valence electrons. The van der Waals surface area contributed by atoms with Gasteiger partial charge in [-0.3, -0.25) is 14.4 Å². The average Bonchev–Trinajstić information content (AvgIpc) is 3.35. The van der Waals surface area contributed by atoms with Gasteiger partial charge in [0.1, 0.15) is 18.8 Å². The number of unbranched alkanes of at least 4 members (excludes halogenated alkanes) is 26. The standard InChI is InChI=1S/C59H102O12/c1-4-7-10-13-16-19-22-25-26-29-32-35-38-41-44-47-53(62)70-57-55(64)54(63)56(58(65)66)71-59(57)68-49-50(69-52(61)46-43-40-37-34-31-28-24-21-18-15-12-9-6-3)48-67-51(60)45-42-39-36-33-30-27-23-20-17-14-11-8-5-2/h8,11,17,20-21,24,27,30,50,54-57,59,63-64H,4-7,9-10,12-16,18-19,22-23,25-26,28-29,31-49H2,1-3H3,(H,65,66)/b11-8-,20-17-,24-21-,30-27-. The van der Waals surface area contributed by atoms with Crippen molar-refractivity contribution in [3.05, 3.63) is 48.6 Å². The molecule has 12 nitrogen and oxygen atoms in total. The number of hydrogen-bond acceptors (Lipinski definition) is 11. The number of carbonyl (C=O) groups is 4. The number of rotatable bonds is 48. The number of aliphatic carboxylic acids is 1. The van der Waals surface area contributed by atoms with Crippen LogP contribution in [0.5, 0.6) is 0 Å². The summed E-state index contributed by atoms with van der Waals surface area (Å²) in [5.74, 6) is -3.16. The first-order chi connectivity index (χ1) is 34.6. The third-order valence-corrected chi connectivity index (χ3v) is 12.9. The molecule has 0 amide bonds. The molecule has 0 aromatic heterocycles. The average molecular weight is 1000 g/mol. The van der Waals surface area contributed by atoms with Gasteiger partial charge in [0.05, 0.1) is 6.61 Å². The summed E-state index contributed by atoms with van der Waals surface area (Å²) in [6, 6.07) is 0. The number of ether oxygens (including phenoxy) is 5. The lowest BCUT2D eigenvalue weighted by Crippen LogP contribution is -2.61. The van der Waals surface area contributed by atoms with Crippen LogP contribution in [0.25, 0.3) is 0 Å². The topological polar surface area (TPSA) is 175 Å². The van der Waals surface area contributed by atoms with Crippen molar-refractivity contribution in [3.63, 3.8) is 0 Å². The summed E-state index contributed by atoms with van der Waals surface area (Å²) in [5.41, 5.74) is 0. The van der Waals surface area contributed by atoms with Gasteiger partial charge >= 0.3 is 23.9 Å². The first-order valence-corrected chi connectivity index (χ1v) is 28.6. The number of carboxylic acids is 1. The molecule has 1 rings (SSSR count). The predicted octanol–water partition coefficient (Wildman–Crippen LogP) is 14.2. The van der Waals surface area contributed by atoms with Crippen LogP contribution in [0, 0.1) is 0 Å². The lowest BCUT2D eigenvalue weighted by atomic mass is 9.98. The van der Waals surface area contributed by atoms with Gasteiger partial charge in [0.15, 0.2) is 24.6 Å². The lowest BCUT2D eigenvalue weighted by Gasteiger charge is -2.40. The van der Waals surface area contributed by atoms with Crippen molar-refractivity contribution < 1.29 is 58.2 Å². The Morgan fingerprint density at radius 1 is 0.479 bits per heavy atom. The van der Waals surface area contributed by atoms with E-state index in [1.807, 2.05) is 0 Å². The van der Waals surface area contributed by atoms with Crippen molar-refractivity contribution in [2.24, 2.45) is 0 Å². The van der Waals surface area contributed by atoms with Gasteiger partial charge in [-0.2, -0.15) is 0 Å². The van der Waals surface area contributed by atoms with E-state index in [-0.39, 0.29) is 25.9 Å². The molecule has 12 heteroatoms. The molecule has 0 aromatic rings. The molecule has 0 aliphatic carbocycles. The summed E-state index contributed by atoms with van der Waals surface area (Å²) in [6.07, 6.45) is 43.7. The Labute approximate surface area is 431 Å². The fourth-order valence-electron chi connectivity index (χ4n) is 8.49. The summed E-state index contributed by atoms with van der Waals surface area (Å²) in [7, 11) is 0. The molecule has 1 heterocycles. The number of allylic oxidation sites excluding steroid dienone is 8. The van der Waals surface area contributed by atoms with Crippen molar-refractivity contribution >= 4 is 23.9 Å². The van der Waals surface area contributed by atoms with Crippen LogP contribution in [0.2, 0.25) is 0 Å². The van der Waals surface area contributed by atoms with Crippen LogP contribution in [-0.2, 0) is 42.9 Å². The second-order valence-corrected chi connectivity index (χ2v) is 19.5. The highest BCUT2D eigenvalue weighted by molar-refractivity contribution is 5.74. The lowest BCUT2D eigenvalue weighted by molar-refractivity contribution is -0.301. The molecule has 0 saturated carbocycles. The Hall–Kier alpha value is -3.32. The van der Waals surface area contributed by atoms with Gasteiger partial charge in [0.2, 0.25) is 0 Å². The zero-order chi connectivity index (χ0) is 51.8. The minimum absolute atomic E-state index is 0.0603. The minimum atomic E-state index is -1.90. The van der Waals surface area contributed by atoms with Gasteiger partial charge in [-0.05, 0) is 77.0 Å². The van der Waals surface area contributed by atoms with E-state index in [1.54, 1.807) is 0 Å². The van der Waals surface area contributed by atoms with Crippen LogP contribution in [0.15, 0.2) is 48.6 Å². The molecule has 0 bridgehead atoms. The molecule has 1 aliphatic rings. The second kappa shape index (κ2) is 47.7. The summed E-state index contributed by atoms with van der Waals surface area (Å²) >= 11 is 0. The molecule has 6 unspecified atom stereocenters. The number of aliphatic hydroxyl groups excluding tert-OH is 2. The Morgan fingerprint density at radius 2 is 0.887 bits per heavy atom. The Balaban J connectivity index is 2.71. The molecule has 1 fully saturated rings. The van der Waals surface area contributed by atoms with Gasteiger partial charge in [0.25, 0.3) is 0 Å². The maximum Gasteiger partial charge on any atom is 0.335 e. The summed E-state index contributed by atoms with van der Waals surface area (Å²) in [4.78, 5) is 51.0. The van der Waals surface area contributed by atoms with Gasteiger partial charge in [-0.15, -0.1) is 0 Å². The van der Waals surface area contributed by atoms with E-state index in [4.69, 9.17) is 23.7 Å². The SMILES string of the molecule is CC/C=C\C/C=C\C/C=C\CCCCCC(=O)OCC(COC1OC(C(=O)O)C(O)C(O)C1OC(=O)CCCCCCCCCCCCCCCCC)OC(=O)CCCCCCC/C=C\CCCCCC. The maximum atomic E-state index is 13.1. The van der Waals surface area contributed by atoms with Crippen molar-refractivity contribution in [1.82, 2.24) is 0 Å². The molecular formula is C59H102O12. The second-order valence-electron chi connectivity index (χ2n) is 19.5. The van der Waals surface area contributed by atoms with Crippen LogP contribution in [0.1, 0.15) is 252 Å². The molecule has 0 aromatic carbocycles. The van der Waals surface area contributed by atoms with E-state index in [1.165, 1.54) is 89.9 Å². The Kier molecular flexibility index (Phi) is 44.1. The first-order valence-electron chi connectivity index (χ1n) is 28.6. The molecule has 1 saturated heterocycles. The van der Waals surface area contributed by atoms with Crippen LogP contribution >= 0.6 is 0 Å². The first kappa shape index (κ1) is 65.7. The molecule has 1 aliphatic heterocycles. The van der Waals surface area contributed by atoms with Gasteiger partial charge < -0.3 is 39.0 Å². The molecular weight excluding hydrogens is 901 g/mol. The van der Waals surface area contributed by atoms with Gasteiger partial charge in [-0.25, -0.2) is 4.79 Å². The highest BCUT2D eigenvalue weighted by Crippen LogP contribution is 2.26. The van der Waals surface area contributed by atoms with E-state index >= 15 is 0 Å². The predicted molar refractivity (Wildman–Crippen MR) is 285 cm³/mol. The van der Waals surface area contributed by atoms with Crippen LogP contribution in [0.4, 0.5) is 0 Å². The largest absolute Gasteiger partial charge is 0.479 e. The quantitative estimate of drug-likeness (QED) is 0.0228. The van der Waals surface area contributed by atoms with E-state index < -0.39 is 67.3 Å². The van der Waals surface area contributed by atoms with Crippen LogP contribution in [0.3, 0.4) is 0 Å². The van der Waals surface area contributed by atoms with Gasteiger partial charge in [0, 0.05) is 19.3 Å². The number of carbonyl (C=O) groups excluding carboxylic acids is 3. The summed E-state index contributed by atoms with van der Waals surface area (Å²) < 4.78 is 28.3. The number of hydrogen-bond donors (Lipinski definition) is 3. The maximum absolute atomic E-state index is 13.1. The number of carboxylic acid groups (broad SMARTS) is 1. The fourth-order valence-corrected chi connectivity index (χ4v) is 8.49. The molecule has 3 N–H and O–H groups in total.